The molecule has 7 nitrogen and oxygen atoms in total. The predicted molar refractivity (Wildman–Crippen MR) is 162 cm³/mol. The highest BCUT2D eigenvalue weighted by Gasteiger charge is 2.34. The first kappa shape index (κ1) is 31.7. The van der Waals surface area contributed by atoms with Gasteiger partial charge in [0, 0.05) is 29.1 Å². The molecule has 0 heterocycles. The van der Waals surface area contributed by atoms with Crippen molar-refractivity contribution in [1.29, 1.82) is 0 Å². The summed E-state index contributed by atoms with van der Waals surface area (Å²) < 4.78 is 26.7. The Bertz CT molecular complexity index is 1440. The molecule has 0 aliphatic rings. The summed E-state index contributed by atoms with van der Waals surface area (Å²) in [6.45, 7) is 3.19. The molecule has 2 amide bonds. The summed E-state index contributed by atoms with van der Waals surface area (Å²) in [5, 5.41) is 3.89. The third kappa shape index (κ3) is 8.61. The number of halogens is 3. The van der Waals surface area contributed by atoms with Crippen molar-refractivity contribution in [3.8, 4) is 0 Å². The molecule has 0 saturated carbocycles. The third-order valence-electron chi connectivity index (χ3n) is 6.43. The average molecular weight is 625 g/mol. The molecule has 0 fully saturated rings. The van der Waals surface area contributed by atoms with Gasteiger partial charge in [-0.15, -0.1) is 0 Å². The molecule has 1 N–H and O–H groups in total. The van der Waals surface area contributed by atoms with Crippen LogP contribution in [0.1, 0.15) is 31.4 Å². The van der Waals surface area contributed by atoms with Gasteiger partial charge in [-0.1, -0.05) is 90.3 Å². The number of rotatable bonds is 12. The normalized spacial score (nSPS) is 12.8. The smallest absolute Gasteiger partial charge is 0.244 e. The van der Waals surface area contributed by atoms with E-state index in [9.17, 15) is 18.0 Å². The Labute approximate surface area is 251 Å². The topological polar surface area (TPSA) is 86.8 Å². The number of nitrogens with one attached hydrogen (secondary N) is 1. The zero-order chi connectivity index (χ0) is 29.4. The molecule has 0 bridgehead atoms. The lowest BCUT2D eigenvalue weighted by Gasteiger charge is -2.34. The molecule has 2 unspecified atom stereocenters. The van der Waals surface area contributed by atoms with Crippen LogP contribution >= 0.6 is 34.8 Å². The van der Waals surface area contributed by atoms with E-state index in [1.54, 1.807) is 36.4 Å². The van der Waals surface area contributed by atoms with Crippen LogP contribution in [0.15, 0.2) is 72.8 Å². The number of nitrogens with zero attached hydrogens (tertiary/aromatic N) is 2. The Kier molecular flexibility index (Phi) is 11.3. The minimum absolute atomic E-state index is 0.0552. The van der Waals surface area contributed by atoms with Gasteiger partial charge in [0.2, 0.25) is 21.8 Å². The summed E-state index contributed by atoms with van der Waals surface area (Å²) >= 11 is 18.9. The monoisotopic (exact) mass is 623 g/mol. The Hall–Kier alpha value is -2.78. The molecule has 3 aromatic rings. The first-order valence-electron chi connectivity index (χ1n) is 12.7. The highest BCUT2D eigenvalue weighted by atomic mass is 35.5. The van der Waals surface area contributed by atoms with Crippen molar-refractivity contribution in [2.45, 2.75) is 45.3 Å². The molecule has 3 rings (SSSR count). The first-order valence-corrected chi connectivity index (χ1v) is 15.7. The van der Waals surface area contributed by atoms with E-state index in [0.717, 1.165) is 16.1 Å². The SMILES string of the molecule is CCC(C)NC(=O)C(Cc1ccccc1)N(Cc1ccc(Cl)cc1Cl)C(=O)CN(c1ccccc1Cl)S(C)(=O)=O. The summed E-state index contributed by atoms with van der Waals surface area (Å²) in [4.78, 5) is 29.1. The molecule has 0 radical (unpaired) electrons. The summed E-state index contributed by atoms with van der Waals surface area (Å²) in [7, 11) is -3.93. The number of anilines is 1. The number of hydrogen-bond acceptors (Lipinski definition) is 4. The van der Waals surface area contributed by atoms with Crippen molar-refractivity contribution in [3.63, 3.8) is 0 Å². The van der Waals surface area contributed by atoms with E-state index < -0.39 is 28.5 Å². The van der Waals surface area contributed by atoms with E-state index in [2.05, 4.69) is 5.32 Å². The highest BCUT2D eigenvalue weighted by Crippen LogP contribution is 2.28. The minimum Gasteiger partial charge on any atom is -0.352 e. The minimum atomic E-state index is -3.93. The van der Waals surface area contributed by atoms with E-state index in [0.29, 0.717) is 22.0 Å². The number of hydrogen-bond donors (Lipinski definition) is 1. The van der Waals surface area contributed by atoms with Crippen molar-refractivity contribution in [1.82, 2.24) is 10.2 Å². The van der Waals surface area contributed by atoms with Crippen LogP contribution in [0.4, 0.5) is 5.69 Å². The maximum atomic E-state index is 14.1. The van der Waals surface area contributed by atoms with Crippen LogP contribution in [0.3, 0.4) is 0 Å². The maximum Gasteiger partial charge on any atom is 0.244 e. The lowest BCUT2D eigenvalue weighted by molar-refractivity contribution is -0.140. The predicted octanol–water partition coefficient (Wildman–Crippen LogP) is 5.97. The Morgan fingerprint density at radius 2 is 1.57 bits per heavy atom. The van der Waals surface area contributed by atoms with Crippen molar-refractivity contribution in [2.24, 2.45) is 0 Å². The molecular weight excluding hydrogens is 593 g/mol. The second-order valence-electron chi connectivity index (χ2n) is 9.50. The van der Waals surface area contributed by atoms with Gasteiger partial charge in [0.25, 0.3) is 0 Å². The van der Waals surface area contributed by atoms with Gasteiger partial charge in [0.05, 0.1) is 17.0 Å². The van der Waals surface area contributed by atoms with Crippen LogP contribution in [-0.2, 0) is 32.6 Å². The molecule has 2 atom stereocenters. The molecule has 0 aliphatic carbocycles. The lowest BCUT2D eigenvalue weighted by Crippen LogP contribution is -2.54. The van der Waals surface area contributed by atoms with Gasteiger partial charge < -0.3 is 10.2 Å². The number of carbonyl (C=O) groups excluding carboxylic acids is 2. The van der Waals surface area contributed by atoms with E-state index in [-0.39, 0.29) is 35.6 Å². The number of benzene rings is 3. The van der Waals surface area contributed by atoms with Crippen LogP contribution in [0, 0.1) is 0 Å². The Morgan fingerprint density at radius 1 is 0.925 bits per heavy atom. The first-order chi connectivity index (χ1) is 18.9. The molecule has 0 saturated heterocycles. The second-order valence-corrected chi connectivity index (χ2v) is 12.7. The van der Waals surface area contributed by atoms with Crippen molar-refractivity contribution in [2.75, 3.05) is 17.1 Å². The second kappa shape index (κ2) is 14.2. The zero-order valence-corrected chi connectivity index (χ0v) is 25.6. The number of carbonyl (C=O) groups is 2. The summed E-state index contributed by atoms with van der Waals surface area (Å²) in [5.74, 6) is -0.961. The van der Waals surface area contributed by atoms with E-state index in [1.807, 2.05) is 44.2 Å². The van der Waals surface area contributed by atoms with E-state index in [1.165, 1.54) is 11.0 Å². The molecule has 3 aromatic carbocycles. The molecule has 11 heteroatoms. The molecule has 0 spiro atoms. The van der Waals surface area contributed by atoms with Crippen LogP contribution < -0.4 is 9.62 Å². The Morgan fingerprint density at radius 3 is 2.17 bits per heavy atom. The Balaban J connectivity index is 2.10. The molecule has 0 aromatic heterocycles. The van der Waals surface area contributed by atoms with Gasteiger partial charge in [0.15, 0.2) is 0 Å². The third-order valence-corrected chi connectivity index (χ3v) is 8.46. The van der Waals surface area contributed by atoms with Gasteiger partial charge >= 0.3 is 0 Å². The van der Waals surface area contributed by atoms with Crippen LogP contribution in [0.2, 0.25) is 15.1 Å². The summed E-state index contributed by atoms with van der Waals surface area (Å²) in [5.41, 5.74) is 1.54. The van der Waals surface area contributed by atoms with E-state index >= 15 is 0 Å². The summed E-state index contributed by atoms with van der Waals surface area (Å²) in [6.07, 6.45) is 1.89. The van der Waals surface area contributed by atoms with Crippen molar-refractivity contribution >= 4 is 62.3 Å². The van der Waals surface area contributed by atoms with Crippen molar-refractivity contribution < 1.29 is 18.0 Å². The highest BCUT2D eigenvalue weighted by molar-refractivity contribution is 7.92. The molecule has 40 heavy (non-hydrogen) atoms. The molecule has 214 valence electrons. The van der Waals surface area contributed by atoms with Crippen LogP contribution in [0.5, 0.6) is 0 Å². The van der Waals surface area contributed by atoms with E-state index in [4.69, 9.17) is 34.8 Å². The number of para-hydroxylation sites is 1. The number of sulfonamides is 1. The van der Waals surface area contributed by atoms with Gasteiger partial charge in [-0.3, -0.25) is 13.9 Å². The fourth-order valence-electron chi connectivity index (χ4n) is 4.08. The van der Waals surface area contributed by atoms with Crippen LogP contribution in [-0.4, -0.2) is 50.0 Å². The summed E-state index contributed by atoms with van der Waals surface area (Å²) in [6, 6.07) is 19.4. The van der Waals surface area contributed by atoms with Gasteiger partial charge in [0.1, 0.15) is 12.6 Å². The van der Waals surface area contributed by atoms with Crippen molar-refractivity contribution in [3.05, 3.63) is 99.0 Å². The largest absolute Gasteiger partial charge is 0.352 e. The van der Waals surface area contributed by atoms with Crippen LogP contribution in [0.25, 0.3) is 0 Å². The van der Waals surface area contributed by atoms with Gasteiger partial charge in [-0.2, -0.15) is 0 Å². The lowest BCUT2D eigenvalue weighted by atomic mass is 10.0. The standard InChI is InChI=1S/C29H32Cl3N3O4S/c1-4-20(2)33-29(37)27(16-21-10-6-5-7-11-21)34(18-22-14-15-23(30)17-25(22)32)28(36)19-35(40(3,38)39)26-13-9-8-12-24(26)31/h5-15,17,20,27H,4,16,18-19H2,1-3H3,(H,33,37). The quantitative estimate of drug-likeness (QED) is 0.269. The average Bonchev–Trinajstić information content (AvgIpc) is 2.90. The number of amides is 2. The zero-order valence-electron chi connectivity index (χ0n) is 22.5. The fraction of sp³-hybridized carbons (Fsp3) is 0.310. The fourth-order valence-corrected chi connectivity index (χ4v) is 5.69. The molecular formula is C29H32Cl3N3O4S. The maximum absolute atomic E-state index is 14.1. The van der Waals surface area contributed by atoms with Gasteiger partial charge in [-0.25, -0.2) is 8.42 Å². The van der Waals surface area contributed by atoms with Gasteiger partial charge in [-0.05, 0) is 48.7 Å². The molecule has 0 aliphatic heterocycles.